The van der Waals surface area contributed by atoms with Gasteiger partial charge in [-0.25, -0.2) is 9.37 Å². The van der Waals surface area contributed by atoms with E-state index >= 15 is 4.39 Å². The smallest absolute Gasteiger partial charge is 0.416 e. The lowest BCUT2D eigenvalue weighted by Gasteiger charge is -2.19. The summed E-state index contributed by atoms with van der Waals surface area (Å²) in [6.07, 6.45) is 1.69. The molecule has 0 amide bonds. The normalized spacial score (nSPS) is 24.4. The molecule has 2 aromatic carbocycles. The van der Waals surface area contributed by atoms with Crippen LogP contribution in [0.25, 0.3) is 0 Å². The van der Waals surface area contributed by atoms with Crippen molar-refractivity contribution in [1.29, 1.82) is 0 Å². The number of hydrogen-bond acceptors (Lipinski definition) is 4. The first-order valence-corrected chi connectivity index (χ1v) is 13.3. The van der Waals surface area contributed by atoms with Gasteiger partial charge in [-0.15, -0.1) is 0 Å². The Morgan fingerprint density at radius 1 is 1.07 bits per heavy atom. The molecular formula is C31H25F4N3O2. The average molecular weight is 548 g/mol. The van der Waals surface area contributed by atoms with E-state index in [-0.39, 0.29) is 35.4 Å². The number of rotatable bonds is 6. The maximum absolute atomic E-state index is 15.4. The van der Waals surface area contributed by atoms with E-state index in [0.29, 0.717) is 29.3 Å². The van der Waals surface area contributed by atoms with Crippen LogP contribution in [-0.4, -0.2) is 20.5 Å². The van der Waals surface area contributed by atoms with Crippen molar-refractivity contribution in [1.82, 2.24) is 14.8 Å². The van der Waals surface area contributed by atoms with Gasteiger partial charge in [0, 0.05) is 42.1 Å². The van der Waals surface area contributed by atoms with Crippen molar-refractivity contribution in [2.45, 2.75) is 50.4 Å². The van der Waals surface area contributed by atoms with Gasteiger partial charge in [0.2, 0.25) is 5.88 Å². The Hall–Kier alpha value is -4.01. The molecule has 0 spiro atoms. The Kier molecular flexibility index (Phi) is 5.63. The molecule has 0 radical (unpaired) electrons. The number of carbonyl (C=O) groups is 1. The lowest BCUT2D eigenvalue weighted by atomic mass is 9.88. The summed E-state index contributed by atoms with van der Waals surface area (Å²) < 4.78 is 64.8. The summed E-state index contributed by atoms with van der Waals surface area (Å²) in [6.45, 7) is 1.51. The van der Waals surface area contributed by atoms with Crippen LogP contribution in [0.4, 0.5) is 17.6 Å². The van der Waals surface area contributed by atoms with Crippen LogP contribution in [0.3, 0.4) is 0 Å². The number of ketones is 1. The highest BCUT2D eigenvalue weighted by Crippen LogP contribution is 2.61. The van der Waals surface area contributed by atoms with Crippen molar-refractivity contribution in [3.63, 3.8) is 0 Å². The molecule has 5 atom stereocenters. The highest BCUT2D eigenvalue weighted by atomic mass is 19.4. The van der Waals surface area contributed by atoms with Crippen LogP contribution < -0.4 is 4.74 Å². The molecule has 1 fully saturated rings. The second-order valence-electron chi connectivity index (χ2n) is 11.0. The van der Waals surface area contributed by atoms with Crippen LogP contribution in [0, 0.1) is 17.7 Å². The summed E-state index contributed by atoms with van der Waals surface area (Å²) in [5, 5.41) is 4.30. The molecule has 3 aliphatic rings. The van der Waals surface area contributed by atoms with Crippen molar-refractivity contribution < 1.29 is 27.1 Å². The molecule has 40 heavy (non-hydrogen) atoms. The molecule has 4 aromatic rings. The van der Waals surface area contributed by atoms with Crippen LogP contribution in [0.15, 0.2) is 67.1 Å². The minimum Gasteiger partial charge on any atom is -0.473 e. The molecule has 3 aliphatic carbocycles. The highest BCUT2D eigenvalue weighted by molar-refractivity contribution is 5.84. The van der Waals surface area contributed by atoms with E-state index in [9.17, 15) is 18.0 Å². The van der Waals surface area contributed by atoms with Gasteiger partial charge >= 0.3 is 6.18 Å². The SMILES string of the molecule is CC(=O)[C@H]1[C@@H]2Cc3cc(OCc4cc5c(cc4F)C(n4cccn4)CC5c4ccccc4C(F)(F)F)ncc3[C@@H]21. The Balaban J connectivity index is 1.20. The molecule has 204 valence electrons. The standard InChI is InChI=1S/C31H25F4N3O2/c1-16(39)29-23-9-17-11-28(36-14-24(17)30(23)29)40-15-18-10-20-21(19-5-2-3-6-25(19)31(33,34)35)13-27(22(20)12-26(18)32)38-8-4-7-37-38/h2-8,10-12,14,21,23,27,29-30H,9,13,15H2,1H3/t21?,23-,27?,29-,30+/m0/s1. The van der Waals surface area contributed by atoms with E-state index in [4.69, 9.17) is 4.74 Å². The topological polar surface area (TPSA) is 57.0 Å². The molecule has 7 rings (SSSR count). The Morgan fingerprint density at radius 2 is 1.90 bits per heavy atom. The van der Waals surface area contributed by atoms with E-state index in [1.165, 1.54) is 18.2 Å². The zero-order valence-corrected chi connectivity index (χ0v) is 21.5. The van der Waals surface area contributed by atoms with Crippen molar-refractivity contribution in [3.8, 4) is 5.88 Å². The monoisotopic (exact) mass is 547 g/mol. The van der Waals surface area contributed by atoms with Crippen LogP contribution >= 0.6 is 0 Å². The second-order valence-corrected chi connectivity index (χ2v) is 11.0. The molecular weight excluding hydrogens is 522 g/mol. The van der Waals surface area contributed by atoms with Crippen LogP contribution in [0.2, 0.25) is 0 Å². The minimum absolute atomic E-state index is 0.0857. The van der Waals surface area contributed by atoms with Gasteiger partial charge in [-0.3, -0.25) is 9.48 Å². The van der Waals surface area contributed by atoms with Gasteiger partial charge in [0.1, 0.15) is 18.2 Å². The Bertz CT molecular complexity index is 1630. The van der Waals surface area contributed by atoms with Gasteiger partial charge in [-0.1, -0.05) is 18.2 Å². The van der Waals surface area contributed by atoms with E-state index in [1.54, 1.807) is 48.4 Å². The van der Waals surface area contributed by atoms with E-state index in [1.807, 2.05) is 6.07 Å². The zero-order chi connectivity index (χ0) is 27.8. The first kappa shape index (κ1) is 25.0. The van der Waals surface area contributed by atoms with E-state index < -0.39 is 29.5 Å². The third-order valence-corrected chi connectivity index (χ3v) is 8.76. The number of fused-ring (bicyclic) bond motifs is 4. The lowest BCUT2D eigenvalue weighted by molar-refractivity contribution is -0.138. The van der Waals surface area contributed by atoms with Gasteiger partial charge in [-0.2, -0.15) is 18.3 Å². The number of pyridine rings is 1. The van der Waals surface area contributed by atoms with Crippen LogP contribution in [-0.2, 0) is 24.0 Å². The molecule has 0 saturated heterocycles. The van der Waals surface area contributed by atoms with E-state index in [2.05, 4.69) is 10.1 Å². The Labute approximate surface area is 227 Å². The highest BCUT2D eigenvalue weighted by Gasteiger charge is 2.58. The number of benzene rings is 2. The fraction of sp³-hybridized carbons (Fsp3) is 0.323. The summed E-state index contributed by atoms with van der Waals surface area (Å²) in [5.74, 6) is 0.127. The molecule has 2 aromatic heterocycles. The van der Waals surface area contributed by atoms with Crippen molar-refractivity contribution in [2.24, 2.45) is 11.8 Å². The first-order chi connectivity index (χ1) is 19.2. The molecule has 2 unspecified atom stereocenters. The van der Waals surface area contributed by atoms with Crippen molar-refractivity contribution in [2.75, 3.05) is 0 Å². The summed E-state index contributed by atoms with van der Waals surface area (Å²) in [7, 11) is 0. The number of alkyl halides is 3. The number of Topliss-reactive ketones (excluding diaryl/α,β-unsaturated/α-hetero) is 1. The number of hydrogen-bond donors (Lipinski definition) is 0. The largest absolute Gasteiger partial charge is 0.473 e. The first-order valence-electron chi connectivity index (χ1n) is 13.3. The number of nitrogens with zero attached hydrogens (tertiary/aromatic N) is 3. The van der Waals surface area contributed by atoms with Crippen molar-refractivity contribution in [3.05, 3.63) is 112 Å². The average Bonchev–Trinajstić information content (AvgIpc) is 3.27. The number of halogens is 4. The van der Waals surface area contributed by atoms with Gasteiger partial charge in [0.25, 0.3) is 0 Å². The van der Waals surface area contributed by atoms with Gasteiger partial charge in [-0.05, 0) is 83.7 Å². The van der Waals surface area contributed by atoms with Gasteiger partial charge in [0.05, 0.1) is 11.6 Å². The number of ether oxygens (including phenoxy) is 1. The molecule has 5 nitrogen and oxygen atoms in total. The summed E-state index contributed by atoms with van der Waals surface area (Å²) in [4.78, 5) is 16.2. The molecule has 9 heteroatoms. The lowest BCUT2D eigenvalue weighted by Crippen LogP contribution is -2.12. The molecule has 0 bridgehead atoms. The quantitative estimate of drug-likeness (QED) is 0.255. The fourth-order valence-electron chi connectivity index (χ4n) is 6.95. The minimum atomic E-state index is -4.52. The summed E-state index contributed by atoms with van der Waals surface area (Å²) >= 11 is 0. The van der Waals surface area contributed by atoms with Gasteiger partial charge in [0.15, 0.2) is 0 Å². The summed E-state index contributed by atoms with van der Waals surface area (Å²) in [6, 6.07) is 11.8. The molecule has 2 heterocycles. The maximum atomic E-state index is 15.4. The van der Waals surface area contributed by atoms with Crippen LogP contribution in [0.5, 0.6) is 5.88 Å². The molecule has 0 aliphatic heterocycles. The fourth-order valence-corrected chi connectivity index (χ4v) is 6.95. The third kappa shape index (κ3) is 4.01. The summed E-state index contributed by atoms with van der Waals surface area (Å²) in [5.41, 5.74) is 3.14. The maximum Gasteiger partial charge on any atom is 0.416 e. The molecule has 1 saturated carbocycles. The predicted octanol–water partition coefficient (Wildman–Crippen LogP) is 6.61. The molecule has 0 N–H and O–H groups in total. The second kappa shape index (κ2) is 9.01. The number of aromatic nitrogens is 3. The van der Waals surface area contributed by atoms with Crippen molar-refractivity contribution >= 4 is 5.78 Å². The predicted molar refractivity (Wildman–Crippen MR) is 137 cm³/mol. The van der Waals surface area contributed by atoms with E-state index in [0.717, 1.165) is 23.6 Å². The van der Waals surface area contributed by atoms with Gasteiger partial charge < -0.3 is 4.74 Å². The third-order valence-electron chi connectivity index (χ3n) is 8.76. The number of carbonyl (C=O) groups excluding carboxylic acids is 1. The zero-order valence-electron chi connectivity index (χ0n) is 21.5. The van der Waals surface area contributed by atoms with Crippen LogP contribution in [0.1, 0.15) is 70.2 Å². The Morgan fingerprint density at radius 3 is 2.65 bits per heavy atom.